The zero-order valence-electron chi connectivity index (χ0n) is 12.2. The van der Waals surface area contributed by atoms with Crippen molar-refractivity contribution >= 4 is 0 Å². The van der Waals surface area contributed by atoms with E-state index in [0.717, 1.165) is 24.5 Å². The van der Waals surface area contributed by atoms with Crippen LogP contribution < -0.4 is 14.8 Å². The molecule has 3 heteroatoms. The van der Waals surface area contributed by atoms with Crippen LogP contribution >= 0.6 is 0 Å². The Morgan fingerprint density at radius 3 is 2.74 bits per heavy atom. The van der Waals surface area contributed by atoms with Crippen LogP contribution in [-0.2, 0) is 0 Å². The number of hydrogen-bond acceptors (Lipinski definition) is 3. The lowest BCUT2D eigenvalue weighted by Crippen LogP contribution is -2.17. The summed E-state index contributed by atoms with van der Waals surface area (Å²) in [6.07, 6.45) is 0.731. The van der Waals surface area contributed by atoms with Gasteiger partial charge < -0.3 is 14.8 Å². The zero-order valence-corrected chi connectivity index (χ0v) is 12.2. The number of nitrogens with one attached hydrogen (secondary N) is 1. The molecule has 0 saturated carbocycles. The third-order valence-corrected chi connectivity index (χ3v) is 2.86. The van der Waals surface area contributed by atoms with Gasteiger partial charge in [-0.2, -0.15) is 0 Å². The molecule has 1 aromatic rings. The molecule has 104 valence electrons. The summed E-state index contributed by atoms with van der Waals surface area (Å²) in [6.45, 7) is 7.59. The van der Waals surface area contributed by atoms with Crippen molar-refractivity contribution in [1.82, 2.24) is 5.32 Å². The fourth-order valence-corrected chi connectivity index (χ4v) is 1.83. The lowest BCUT2D eigenvalue weighted by atomic mass is 10.1. The highest BCUT2D eigenvalue weighted by atomic mass is 16.5. The van der Waals surface area contributed by atoms with Gasteiger partial charge in [0.15, 0.2) is 11.5 Å². The van der Waals surface area contributed by atoms with Crippen LogP contribution in [0, 0.1) is 11.8 Å². The summed E-state index contributed by atoms with van der Waals surface area (Å²) in [6, 6.07) is 6.35. The summed E-state index contributed by atoms with van der Waals surface area (Å²) in [5.41, 5.74) is 1.19. The van der Waals surface area contributed by atoms with Crippen molar-refractivity contribution in [2.45, 2.75) is 33.2 Å². The molecule has 1 unspecified atom stereocenters. The molecule has 0 aliphatic heterocycles. The molecular weight excluding hydrogens is 238 g/mol. The summed E-state index contributed by atoms with van der Waals surface area (Å²) in [4.78, 5) is 0. The molecule has 0 aliphatic carbocycles. The van der Waals surface area contributed by atoms with E-state index in [0.29, 0.717) is 12.6 Å². The second kappa shape index (κ2) is 8.44. The molecule has 0 spiro atoms. The Balaban J connectivity index is 2.74. The van der Waals surface area contributed by atoms with Gasteiger partial charge in [0.2, 0.25) is 0 Å². The monoisotopic (exact) mass is 261 g/mol. The number of ether oxygens (including phenoxy) is 2. The Bertz CT molecular complexity index is 446. The third-order valence-electron chi connectivity index (χ3n) is 2.86. The van der Waals surface area contributed by atoms with Crippen LogP contribution in [0.5, 0.6) is 11.5 Å². The molecule has 1 aromatic carbocycles. The van der Waals surface area contributed by atoms with E-state index in [4.69, 9.17) is 9.47 Å². The average molecular weight is 261 g/mol. The predicted octanol–water partition coefficient (Wildman–Crippen LogP) is 3.16. The minimum atomic E-state index is 0.305. The van der Waals surface area contributed by atoms with E-state index in [-0.39, 0.29) is 0 Å². The Labute approximate surface area is 116 Å². The molecule has 0 fully saturated rings. The lowest BCUT2D eigenvalue weighted by molar-refractivity contribution is 0.301. The van der Waals surface area contributed by atoms with Gasteiger partial charge in [-0.15, -0.1) is 11.8 Å². The molecule has 19 heavy (non-hydrogen) atoms. The van der Waals surface area contributed by atoms with Crippen LogP contribution in [0.15, 0.2) is 18.2 Å². The van der Waals surface area contributed by atoms with Gasteiger partial charge in [0.05, 0.1) is 13.7 Å². The van der Waals surface area contributed by atoms with Crippen molar-refractivity contribution in [2.75, 3.05) is 20.3 Å². The van der Waals surface area contributed by atoms with E-state index >= 15 is 0 Å². The fourth-order valence-electron chi connectivity index (χ4n) is 1.83. The largest absolute Gasteiger partial charge is 0.493 e. The van der Waals surface area contributed by atoms with Crippen LogP contribution in [0.4, 0.5) is 0 Å². The van der Waals surface area contributed by atoms with Gasteiger partial charge in [0.25, 0.3) is 0 Å². The first-order valence-corrected chi connectivity index (χ1v) is 6.66. The van der Waals surface area contributed by atoms with Crippen LogP contribution in [-0.4, -0.2) is 20.3 Å². The lowest BCUT2D eigenvalue weighted by Gasteiger charge is -2.16. The third kappa shape index (κ3) is 4.84. The molecule has 1 N–H and O–H groups in total. The van der Waals surface area contributed by atoms with Crippen molar-refractivity contribution in [3.05, 3.63) is 23.8 Å². The van der Waals surface area contributed by atoms with Gasteiger partial charge >= 0.3 is 0 Å². The van der Waals surface area contributed by atoms with E-state index in [9.17, 15) is 0 Å². The second-order valence-electron chi connectivity index (χ2n) is 4.21. The first-order chi connectivity index (χ1) is 9.22. The van der Waals surface area contributed by atoms with Gasteiger partial charge in [-0.05, 0) is 38.1 Å². The van der Waals surface area contributed by atoms with E-state index in [1.807, 2.05) is 19.1 Å². The topological polar surface area (TPSA) is 30.5 Å². The van der Waals surface area contributed by atoms with Gasteiger partial charge in [0.1, 0.15) is 0 Å². The first-order valence-electron chi connectivity index (χ1n) is 6.66. The van der Waals surface area contributed by atoms with Crippen molar-refractivity contribution in [3.63, 3.8) is 0 Å². The minimum absolute atomic E-state index is 0.305. The standard InChI is InChI=1S/C16H23NO2/c1-5-7-8-11-19-15-10-9-14(12-16(15)18-4)13(3)17-6-2/h9-10,12-13,17H,6,8,11H2,1-4H3. The van der Waals surface area contributed by atoms with Crippen LogP contribution in [0.25, 0.3) is 0 Å². The summed E-state index contributed by atoms with van der Waals surface area (Å²) < 4.78 is 11.1. The minimum Gasteiger partial charge on any atom is -0.493 e. The summed E-state index contributed by atoms with van der Waals surface area (Å²) in [5, 5.41) is 3.38. The molecule has 1 atom stereocenters. The quantitative estimate of drug-likeness (QED) is 0.604. The number of methoxy groups -OCH3 is 1. The Morgan fingerprint density at radius 2 is 2.11 bits per heavy atom. The SMILES string of the molecule is CC#CCCOc1ccc(C(C)NCC)cc1OC. The molecule has 1 rings (SSSR count). The van der Waals surface area contributed by atoms with E-state index in [2.05, 4.69) is 37.1 Å². The van der Waals surface area contributed by atoms with Crippen LogP contribution in [0.3, 0.4) is 0 Å². The van der Waals surface area contributed by atoms with E-state index in [1.165, 1.54) is 5.56 Å². The van der Waals surface area contributed by atoms with E-state index < -0.39 is 0 Å². The second-order valence-corrected chi connectivity index (χ2v) is 4.21. The molecule has 0 saturated heterocycles. The first kappa shape index (κ1) is 15.4. The fraction of sp³-hybridized carbons (Fsp3) is 0.500. The van der Waals surface area contributed by atoms with Crippen LogP contribution in [0.1, 0.15) is 38.8 Å². The zero-order chi connectivity index (χ0) is 14.1. The maximum absolute atomic E-state index is 5.68. The van der Waals surface area contributed by atoms with Crippen molar-refractivity contribution < 1.29 is 9.47 Å². The Morgan fingerprint density at radius 1 is 1.32 bits per heavy atom. The number of benzene rings is 1. The summed E-state index contributed by atoms with van der Waals surface area (Å²) in [7, 11) is 1.66. The highest BCUT2D eigenvalue weighted by molar-refractivity contribution is 5.43. The summed E-state index contributed by atoms with van der Waals surface area (Å²) >= 11 is 0. The maximum Gasteiger partial charge on any atom is 0.161 e. The molecular formula is C16H23NO2. The molecule has 0 aromatic heterocycles. The predicted molar refractivity (Wildman–Crippen MR) is 78.6 cm³/mol. The van der Waals surface area contributed by atoms with Crippen molar-refractivity contribution in [1.29, 1.82) is 0 Å². The Hall–Kier alpha value is -1.66. The molecule has 0 aliphatic rings. The molecule has 0 heterocycles. The highest BCUT2D eigenvalue weighted by Crippen LogP contribution is 2.30. The van der Waals surface area contributed by atoms with Gasteiger partial charge in [-0.1, -0.05) is 13.0 Å². The smallest absolute Gasteiger partial charge is 0.161 e. The normalized spacial score (nSPS) is 11.4. The van der Waals surface area contributed by atoms with Crippen LogP contribution in [0.2, 0.25) is 0 Å². The van der Waals surface area contributed by atoms with Gasteiger partial charge in [0, 0.05) is 12.5 Å². The average Bonchev–Trinajstić information content (AvgIpc) is 2.44. The number of rotatable bonds is 7. The molecule has 0 radical (unpaired) electrons. The molecule has 3 nitrogen and oxygen atoms in total. The van der Waals surface area contributed by atoms with Gasteiger partial charge in [-0.25, -0.2) is 0 Å². The summed E-state index contributed by atoms with van der Waals surface area (Å²) in [5.74, 6) is 7.37. The maximum atomic E-state index is 5.68. The van der Waals surface area contributed by atoms with E-state index in [1.54, 1.807) is 7.11 Å². The number of hydrogen-bond donors (Lipinski definition) is 1. The molecule has 0 bridgehead atoms. The molecule has 0 amide bonds. The highest BCUT2D eigenvalue weighted by Gasteiger charge is 2.09. The van der Waals surface area contributed by atoms with Gasteiger partial charge in [-0.3, -0.25) is 0 Å². The van der Waals surface area contributed by atoms with Crippen molar-refractivity contribution in [2.24, 2.45) is 0 Å². The Kier molecular flexibility index (Phi) is 6.84. The van der Waals surface area contributed by atoms with Crippen molar-refractivity contribution in [3.8, 4) is 23.3 Å².